The molecule has 0 bridgehead atoms. The van der Waals surface area contributed by atoms with Gasteiger partial charge in [-0.05, 0) is 24.5 Å². The second kappa shape index (κ2) is 6.35. The number of benzene rings is 1. The second-order valence-corrected chi connectivity index (χ2v) is 4.51. The molecular weight excluding hydrogens is 232 g/mol. The van der Waals surface area contributed by atoms with E-state index in [2.05, 4.69) is 5.32 Å². The van der Waals surface area contributed by atoms with Gasteiger partial charge in [-0.2, -0.15) is 0 Å². The molecule has 1 aromatic carbocycles. The van der Waals surface area contributed by atoms with Crippen molar-refractivity contribution in [2.45, 2.75) is 32.7 Å². The van der Waals surface area contributed by atoms with Crippen molar-refractivity contribution in [1.82, 2.24) is 5.32 Å². The van der Waals surface area contributed by atoms with E-state index in [9.17, 15) is 4.79 Å². The molecule has 4 heteroatoms. The van der Waals surface area contributed by atoms with Crippen LogP contribution in [-0.4, -0.2) is 16.9 Å². The van der Waals surface area contributed by atoms with Gasteiger partial charge in [-0.15, -0.1) is 0 Å². The molecule has 1 amide bonds. The lowest BCUT2D eigenvalue weighted by atomic mass is 10.1. The van der Waals surface area contributed by atoms with Gasteiger partial charge in [-0.3, -0.25) is 4.79 Å². The molecule has 0 aliphatic carbocycles. The number of hydrogen-bond donors (Lipinski definition) is 2. The van der Waals surface area contributed by atoms with E-state index in [1.807, 2.05) is 38.1 Å². The fourth-order valence-electron chi connectivity index (χ4n) is 1.60. The van der Waals surface area contributed by atoms with E-state index >= 15 is 0 Å². The Hall–Kier alpha value is -1.42. The number of carbonyl (C=O) groups is 1. The normalized spacial score (nSPS) is 11.9. The third-order valence-corrected chi connectivity index (χ3v) is 2.98. The SMILES string of the molecule is CCC(NC(=O)Cc1ccccc1C)C(N)=S. The van der Waals surface area contributed by atoms with E-state index in [0.717, 1.165) is 17.5 Å². The van der Waals surface area contributed by atoms with Gasteiger partial charge >= 0.3 is 0 Å². The maximum absolute atomic E-state index is 11.8. The van der Waals surface area contributed by atoms with Crippen LogP contribution in [0, 0.1) is 6.92 Å². The van der Waals surface area contributed by atoms with E-state index in [0.29, 0.717) is 11.4 Å². The maximum atomic E-state index is 11.8. The number of amides is 1. The summed E-state index contributed by atoms with van der Waals surface area (Å²) in [7, 11) is 0. The molecule has 0 saturated carbocycles. The van der Waals surface area contributed by atoms with E-state index in [-0.39, 0.29) is 11.9 Å². The highest BCUT2D eigenvalue weighted by Crippen LogP contribution is 2.07. The Kier molecular flexibility index (Phi) is 5.10. The number of nitrogens with two attached hydrogens (primary N) is 1. The highest BCUT2D eigenvalue weighted by molar-refractivity contribution is 7.80. The van der Waals surface area contributed by atoms with Gasteiger partial charge in [0.15, 0.2) is 0 Å². The predicted molar refractivity (Wildman–Crippen MR) is 73.9 cm³/mol. The van der Waals surface area contributed by atoms with Crippen LogP contribution < -0.4 is 11.1 Å². The van der Waals surface area contributed by atoms with Crippen LogP contribution in [-0.2, 0) is 11.2 Å². The van der Waals surface area contributed by atoms with Crippen LogP contribution in [0.4, 0.5) is 0 Å². The van der Waals surface area contributed by atoms with Crippen LogP contribution in [0.5, 0.6) is 0 Å². The van der Waals surface area contributed by atoms with Crippen molar-refractivity contribution in [3.8, 4) is 0 Å². The van der Waals surface area contributed by atoms with Crippen molar-refractivity contribution in [1.29, 1.82) is 0 Å². The summed E-state index contributed by atoms with van der Waals surface area (Å²) >= 11 is 4.89. The van der Waals surface area contributed by atoms with Gasteiger partial charge in [-0.25, -0.2) is 0 Å². The summed E-state index contributed by atoms with van der Waals surface area (Å²) in [6, 6.07) is 7.63. The fourth-order valence-corrected chi connectivity index (χ4v) is 1.83. The number of hydrogen-bond acceptors (Lipinski definition) is 2. The van der Waals surface area contributed by atoms with Gasteiger partial charge in [-0.1, -0.05) is 43.4 Å². The molecule has 1 unspecified atom stereocenters. The molecule has 1 atom stereocenters. The maximum Gasteiger partial charge on any atom is 0.224 e. The summed E-state index contributed by atoms with van der Waals surface area (Å²) in [5.74, 6) is -0.0426. The summed E-state index contributed by atoms with van der Waals surface area (Å²) < 4.78 is 0. The topological polar surface area (TPSA) is 55.1 Å². The lowest BCUT2D eigenvalue weighted by molar-refractivity contribution is -0.120. The third-order valence-electron chi connectivity index (χ3n) is 2.70. The molecule has 1 rings (SSSR count). The van der Waals surface area contributed by atoms with Crippen LogP contribution in [0.2, 0.25) is 0 Å². The van der Waals surface area contributed by atoms with E-state index in [1.54, 1.807) is 0 Å². The molecule has 0 radical (unpaired) electrons. The number of aryl methyl sites for hydroxylation is 1. The third kappa shape index (κ3) is 4.15. The molecule has 0 aliphatic heterocycles. The Labute approximate surface area is 107 Å². The summed E-state index contributed by atoms with van der Waals surface area (Å²) in [6.07, 6.45) is 1.08. The van der Waals surface area contributed by atoms with Crippen molar-refractivity contribution in [3.63, 3.8) is 0 Å². The molecule has 0 fully saturated rings. The van der Waals surface area contributed by atoms with Crippen molar-refractivity contribution in [2.24, 2.45) is 5.73 Å². The Balaban J connectivity index is 2.61. The van der Waals surface area contributed by atoms with Gasteiger partial charge in [0.2, 0.25) is 5.91 Å². The molecular formula is C13H18N2OS. The predicted octanol–water partition coefficient (Wildman–Crippen LogP) is 1.72. The minimum atomic E-state index is -0.207. The standard InChI is InChI=1S/C13H18N2OS/c1-3-11(13(14)17)15-12(16)8-10-7-5-4-6-9(10)2/h4-7,11H,3,8H2,1-2H3,(H2,14,17)(H,15,16). The first kappa shape index (κ1) is 13.6. The molecule has 0 aromatic heterocycles. The van der Waals surface area contributed by atoms with Crippen LogP contribution in [0.1, 0.15) is 24.5 Å². The first-order valence-corrected chi connectivity index (χ1v) is 6.08. The zero-order chi connectivity index (χ0) is 12.8. The molecule has 1 aromatic rings. The summed E-state index contributed by atoms with van der Waals surface area (Å²) in [4.78, 5) is 12.2. The molecule has 92 valence electrons. The van der Waals surface area contributed by atoms with Crippen LogP contribution in [0.15, 0.2) is 24.3 Å². The smallest absolute Gasteiger partial charge is 0.224 e. The van der Waals surface area contributed by atoms with Crippen molar-refractivity contribution in [2.75, 3.05) is 0 Å². The first-order chi connectivity index (χ1) is 8.04. The number of carbonyl (C=O) groups excluding carboxylic acids is 1. The lowest BCUT2D eigenvalue weighted by Crippen LogP contribution is -2.43. The molecule has 0 aliphatic rings. The Morgan fingerprint density at radius 3 is 2.65 bits per heavy atom. The van der Waals surface area contributed by atoms with E-state index < -0.39 is 0 Å². The minimum Gasteiger partial charge on any atom is -0.392 e. The monoisotopic (exact) mass is 250 g/mol. The largest absolute Gasteiger partial charge is 0.392 e. The van der Waals surface area contributed by atoms with Crippen molar-refractivity contribution in [3.05, 3.63) is 35.4 Å². The first-order valence-electron chi connectivity index (χ1n) is 5.67. The zero-order valence-electron chi connectivity index (χ0n) is 10.2. The molecule has 17 heavy (non-hydrogen) atoms. The van der Waals surface area contributed by atoms with Gasteiger partial charge in [0.05, 0.1) is 17.5 Å². The molecule has 3 N–H and O–H groups in total. The highest BCUT2D eigenvalue weighted by atomic mass is 32.1. The summed E-state index contributed by atoms with van der Waals surface area (Å²) in [5.41, 5.74) is 7.68. The number of thiocarbonyl (C=S) groups is 1. The Bertz CT molecular complexity index is 418. The summed E-state index contributed by atoms with van der Waals surface area (Å²) in [6.45, 7) is 3.94. The van der Waals surface area contributed by atoms with Gasteiger partial charge in [0.1, 0.15) is 0 Å². The second-order valence-electron chi connectivity index (χ2n) is 4.03. The van der Waals surface area contributed by atoms with Gasteiger partial charge < -0.3 is 11.1 Å². The number of rotatable bonds is 5. The van der Waals surface area contributed by atoms with Crippen LogP contribution in [0.3, 0.4) is 0 Å². The van der Waals surface area contributed by atoms with Crippen molar-refractivity contribution >= 4 is 23.1 Å². The van der Waals surface area contributed by atoms with Crippen LogP contribution >= 0.6 is 12.2 Å². The average molecular weight is 250 g/mol. The molecule has 0 spiro atoms. The minimum absolute atomic E-state index is 0.0426. The molecule has 3 nitrogen and oxygen atoms in total. The summed E-state index contributed by atoms with van der Waals surface area (Å²) in [5, 5.41) is 2.84. The van der Waals surface area contributed by atoms with E-state index in [1.165, 1.54) is 0 Å². The lowest BCUT2D eigenvalue weighted by Gasteiger charge is -2.15. The fraction of sp³-hybridized carbons (Fsp3) is 0.385. The zero-order valence-corrected chi connectivity index (χ0v) is 11.0. The Morgan fingerprint density at radius 1 is 1.47 bits per heavy atom. The quantitative estimate of drug-likeness (QED) is 0.782. The van der Waals surface area contributed by atoms with Gasteiger partial charge in [0.25, 0.3) is 0 Å². The van der Waals surface area contributed by atoms with Crippen molar-refractivity contribution < 1.29 is 4.79 Å². The number of nitrogens with one attached hydrogen (secondary N) is 1. The molecule has 0 saturated heterocycles. The van der Waals surface area contributed by atoms with E-state index in [4.69, 9.17) is 18.0 Å². The van der Waals surface area contributed by atoms with Crippen LogP contribution in [0.25, 0.3) is 0 Å². The average Bonchev–Trinajstić information content (AvgIpc) is 2.28. The highest BCUT2D eigenvalue weighted by Gasteiger charge is 2.13. The Morgan fingerprint density at radius 2 is 2.12 bits per heavy atom. The molecule has 0 heterocycles. The van der Waals surface area contributed by atoms with Gasteiger partial charge in [0, 0.05) is 0 Å².